The zero-order chi connectivity index (χ0) is 15.5. The minimum absolute atomic E-state index is 0.0206. The van der Waals surface area contributed by atoms with Crippen LogP contribution in [0.5, 0.6) is 0 Å². The molecule has 0 spiro atoms. The summed E-state index contributed by atoms with van der Waals surface area (Å²) in [4.78, 5) is 10.7. The molecule has 1 aromatic rings. The molecule has 5 nitrogen and oxygen atoms in total. The summed E-state index contributed by atoms with van der Waals surface area (Å²) < 4.78 is 0. The van der Waals surface area contributed by atoms with Crippen molar-refractivity contribution in [3.05, 3.63) is 38.9 Å². The molecule has 0 bridgehead atoms. The van der Waals surface area contributed by atoms with E-state index in [0.717, 1.165) is 25.7 Å². The first-order valence-electron chi connectivity index (χ1n) is 7.24. The Hall–Kier alpha value is -1.17. The lowest BCUT2D eigenvalue weighted by molar-refractivity contribution is -0.385. The summed E-state index contributed by atoms with van der Waals surface area (Å²) >= 11 is 5.82. The van der Waals surface area contributed by atoms with Crippen molar-refractivity contribution in [2.75, 3.05) is 6.61 Å². The number of nitrogens with one attached hydrogen (secondary N) is 1. The molecule has 0 atom stereocenters. The summed E-state index contributed by atoms with van der Waals surface area (Å²) in [6.45, 7) is 2.63. The third-order valence-electron chi connectivity index (χ3n) is 4.43. The second-order valence-electron chi connectivity index (χ2n) is 6.00. The van der Waals surface area contributed by atoms with Crippen molar-refractivity contribution < 1.29 is 10.0 Å². The molecule has 0 amide bonds. The van der Waals surface area contributed by atoms with Crippen LogP contribution in [0.2, 0.25) is 5.02 Å². The SMILES string of the molecule is CC1CCC(CO)(NCc2ccc(Cl)cc2[N+](=O)[O-])CC1. The Bertz CT molecular complexity index is 514. The van der Waals surface area contributed by atoms with E-state index in [2.05, 4.69) is 12.2 Å². The van der Waals surface area contributed by atoms with Gasteiger partial charge in [0.15, 0.2) is 0 Å². The normalized spacial score (nSPS) is 25.8. The van der Waals surface area contributed by atoms with Gasteiger partial charge in [-0.3, -0.25) is 10.1 Å². The van der Waals surface area contributed by atoms with E-state index in [9.17, 15) is 15.2 Å². The second kappa shape index (κ2) is 6.73. The molecule has 2 N–H and O–H groups in total. The molecule has 1 aliphatic rings. The van der Waals surface area contributed by atoms with E-state index in [1.807, 2.05) is 0 Å². The number of rotatable bonds is 5. The fourth-order valence-corrected chi connectivity index (χ4v) is 3.01. The average molecular weight is 313 g/mol. The van der Waals surface area contributed by atoms with Crippen LogP contribution >= 0.6 is 11.6 Å². The van der Waals surface area contributed by atoms with Crippen LogP contribution in [0.4, 0.5) is 5.69 Å². The van der Waals surface area contributed by atoms with Crippen LogP contribution in [-0.2, 0) is 6.54 Å². The molecule has 0 saturated heterocycles. The molecule has 21 heavy (non-hydrogen) atoms. The molecule has 0 aromatic heterocycles. The number of nitrogens with zero attached hydrogens (tertiary/aromatic N) is 1. The van der Waals surface area contributed by atoms with Gasteiger partial charge >= 0.3 is 0 Å². The minimum Gasteiger partial charge on any atom is -0.394 e. The highest BCUT2D eigenvalue weighted by atomic mass is 35.5. The Kier molecular flexibility index (Phi) is 5.19. The fraction of sp³-hybridized carbons (Fsp3) is 0.600. The van der Waals surface area contributed by atoms with Crippen molar-refractivity contribution in [2.45, 2.75) is 44.7 Å². The average Bonchev–Trinajstić information content (AvgIpc) is 2.48. The number of nitro benzene ring substituents is 1. The van der Waals surface area contributed by atoms with E-state index in [-0.39, 0.29) is 17.8 Å². The topological polar surface area (TPSA) is 75.4 Å². The Balaban J connectivity index is 2.10. The molecule has 0 aliphatic heterocycles. The van der Waals surface area contributed by atoms with Crippen molar-refractivity contribution in [3.8, 4) is 0 Å². The Morgan fingerprint density at radius 1 is 1.48 bits per heavy atom. The molecule has 0 heterocycles. The van der Waals surface area contributed by atoms with Gasteiger partial charge in [-0.25, -0.2) is 0 Å². The molecular weight excluding hydrogens is 292 g/mol. The van der Waals surface area contributed by atoms with Gasteiger partial charge in [0.1, 0.15) is 0 Å². The van der Waals surface area contributed by atoms with Crippen LogP contribution in [-0.4, -0.2) is 22.2 Å². The van der Waals surface area contributed by atoms with Crippen LogP contribution in [0.1, 0.15) is 38.2 Å². The summed E-state index contributed by atoms with van der Waals surface area (Å²) in [5, 5.41) is 24.5. The minimum atomic E-state index is -0.419. The number of halogens is 1. The molecular formula is C15H21ClN2O3. The monoisotopic (exact) mass is 312 g/mol. The number of aliphatic hydroxyl groups excluding tert-OH is 1. The van der Waals surface area contributed by atoms with Crippen molar-refractivity contribution in [1.82, 2.24) is 5.32 Å². The summed E-state index contributed by atoms with van der Waals surface area (Å²) in [6, 6.07) is 4.69. The van der Waals surface area contributed by atoms with Gasteiger partial charge in [0, 0.05) is 28.7 Å². The molecule has 6 heteroatoms. The van der Waals surface area contributed by atoms with Crippen molar-refractivity contribution in [2.24, 2.45) is 5.92 Å². The van der Waals surface area contributed by atoms with Crippen LogP contribution < -0.4 is 5.32 Å². The van der Waals surface area contributed by atoms with Gasteiger partial charge in [0.25, 0.3) is 5.69 Å². The van der Waals surface area contributed by atoms with Crippen LogP contribution in [0.15, 0.2) is 18.2 Å². The van der Waals surface area contributed by atoms with Gasteiger partial charge < -0.3 is 10.4 Å². The lowest BCUT2D eigenvalue weighted by Gasteiger charge is -2.39. The first kappa shape index (κ1) is 16.2. The highest BCUT2D eigenvalue weighted by Crippen LogP contribution is 2.32. The van der Waals surface area contributed by atoms with Gasteiger partial charge in [0.2, 0.25) is 0 Å². The Labute approximate surface area is 129 Å². The van der Waals surface area contributed by atoms with E-state index >= 15 is 0 Å². The highest BCUT2D eigenvalue weighted by Gasteiger charge is 2.33. The van der Waals surface area contributed by atoms with Crippen LogP contribution in [0.3, 0.4) is 0 Å². The molecule has 2 rings (SSSR count). The maximum atomic E-state index is 11.1. The maximum absolute atomic E-state index is 11.1. The fourth-order valence-electron chi connectivity index (χ4n) is 2.84. The smallest absolute Gasteiger partial charge is 0.275 e. The van der Waals surface area contributed by atoms with Gasteiger partial charge in [-0.15, -0.1) is 0 Å². The quantitative estimate of drug-likeness (QED) is 0.646. The molecule has 1 aliphatic carbocycles. The molecule has 1 saturated carbocycles. The number of hydrogen-bond acceptors (Lipinski definition) is 4. The molecule has 0 unspecified atom stereocenters. The van der Waals surface area contributed by atoms with E-state index in [4.69, 9.17) is 11.6 Å². The largest absolute Gasteiger partial charge is 0.394 e. The van der Waals surface area contributed by atoms with Gasteiger partial charge in [0.05, 0.1) is 11.5 Å². The standard InChI is InChI=1S/C15H21ClN2O3/c1-11-4-6-15(10-19,7-5-11)17-9-12-2-3-13(16)8-14(12)18(20)21/h2-3,8,11,17,19H,4-7,9-10H2,1H3. The second-order valence-corrected chi connectivity index (χ2v) is 6.44. The zero-order valence-corrected chi connectivity index (χ0v) is 12.9. The molecule has 0 radical (unpaired) electrons. The predicted octanol–water partition coefficient (Wildman–Crippen LogP) is 3.28. The predicted molar refractivity (Wildman–Crippen MR) is 82.4 cm³/mol. The first-order chi connectivity index (χ1) is 9.96. The zero-order valence-electron chi connectivity index (χ0n) is 12.1. The van der Waals surface area contributed by atoms with Gasteiger partial charge in [-0.05, 0) is 43.7 Å². The highest BCUT2D eigenvalue weighted by molar-refractivity contribution is 6.30. The number of hydrogen-bond donors (Lipinski definition) is 2. The van der Waals surface area contributed by atoms with E-state index in [1.54, 1.807) is 12.1 Å². The third kappa shape index (κ3) is 3.93. The van der Waals surface area contributed by atoms with Crippen LogP contribution in [0.25, 0.3) is 0 Å². The van der Waals surface area contributed by atoms with Crippen molar-refractivity contribution >= 4 is 17.3 Å². The van der Waals surface area contributed by atoms with E-state index in [0.29, 0.717) is 23.0 Å². The maximum Gasteiger partial charge on any atom is 0.275 e. The molecule has 1 aromatic carbocycles. The summed E-state index contributed by atoms with van der Waals surface area (Å²) in [6.07, 6.45) is 3.92. The third-order valence-corrected chi connectivity index (χ3v) is 4.67. The van der Waals surface area contributed by atoms with Crippen LogP contribution in [0, 0.1) is 16.0 Å². The van der Waals surface area contributed by atoms with E-state index in [1.165, 1.54) is 6.07 Å². The summed E-state index contributed by atoms with van der Waals surface area (Å²) in [5.41, 5.74) is 0.295. The molecule has 116 valence electrons. The number of aliphatic hydroxyl groups is 1. The van der Waals surface area contributed by atoms with Gasteiger partial charge in [-0.2, -0.15) is 0 Å². The first-order valence-corrected chi connectivity index (χ1v) is 7.62. The number of benzene rings is 1. The van der Waals surface area contributed by atoms with Crippen molar-refractivity contribution in [3.63, 3.8) is 0 Å². The van der Waals surface area contributed by atoms with Gasteiger partial charge in [-0.1, -0.05) is 18.5 Å². The molecule has 1 fully saturated rings. The Morgan fingerprint density at radius 3 is 2.71 bits per heavy atom. The number of nitro groups is 1. The van der Waals surface area contributed by atoms with Crippen molar-refractivity contribution in [1.29, 1.82) is 0 Å². The van der Waals surface area contributed by atoms with E-state index < -0.39 is 4.92 Å². The lowest BCUT2D eigenvalue weighted by atomic mass is 9.77. The Morgan fingerprint density at radius 2 is 2.14 bits per heavy atom. The summed E-state index contributed by atoms with van der Waals surface area (Å²) in [7, 11) is 0. The summed E-state index contributed by atoms with van der Waals surface area (Å²) in [5.74, 6) is 0.677. The lowest BCUT2D eigenvalue weighted by Crippen LogP contribution is -2.50.